The maximum absolute atomic E-state index is 14.0. The molecule has 6 rings (SSSR count). The molecule has 1 fully saturated rings. The predicted molar refractivity (Wildman–Crippen MR) is 142 cm³/mol. The van der Waals surface area contributed by atoms with Gasteiger partial charge in [-0.25, -0.2) is 23.6 Å². The summed E-state index contributed by atoms with van der Waals surface area (Å²) in [6.45, 7) is 3.31. The molecule has 8 nitrogen and oxygen atoms in total. The van der Waals surface area contributed by atoms with Gasteiger partial charge in [-0.05, 0) is 78.8 Å². The number of pyridine rings is 1. The average Bonchev–Trinajstić information content (AvgIpc) is 3.39. The van der Waals surface area contributed by atoms with Crippen molar-refractivity contribution < 1.29 is 27.9 Å². The molecule has 1 spiro atoms. The van der Waals surface area contributed by atoms with Crippen LogP contribution in [0.3, 0.4) is 0 Å². The van der Waals surface area contributed by atoms with Gasteiger partial charge in [0.05, 0.1) is 17.8 Å². The third-order valence-corrected chi connectivity index (χ3v) is 8.46. The van der Waals surface area contributed by atoms with Crippen LogP contribution >= 0.6 is 0 Å². The van der Waals surface area contributed by atoms with Crippen LogP contribution in [0.4, 0.5) is 20.3 Å². The summed E-state index contributed by atoms with van der Waals surface area (Å²) >= 11 is 0. The van der Waals surface area contributed by atoms with Crippen molar-refractivity contribution in [2.75, 3.05) is 17.2 Å². The van der Waals surface area contributed by atoms with Gasteiger partial charge in [0.1, 0.15) is 23.6 Å². The Hall–Kier alpha value is -4.34. The summed E-state index contributed by atoms with van der Waals surface area (Å²) in [7, 11) is 0. The first kappa shape index (κ1) is 25.9. The maximum atomic E-state index is 14.0. The van der Waals surface area contributed by atoms with E-state index in [-0.39, 0.29) is 24.2 Å². The summed E-state index contributed by atoms with van der Waals surface area (Å²) < 4.78 is 28.6. The van der Waals surface area contributed by atoms with Gasteiger partial charge in [-0.2, -0.15) is 0 Å². The van der Waals surface area contributed by atoms with Crippen molar-refractivity contribution in [1.29, 1.82) is 0 Å². The molecule has 3 aliphatic rings. The molecule has 40 heavy (non-hydrogen) atoms. The second-order valence-corrected chi connectivity index (χ2v) is 11.6. The van der Waals surface area contributed by atoms with Crippen molar-refractivity contribution >= 4 is 29.2 Å². The molecular formula is C30H28F2N4O4. The van der Waals surface area contributed by atoms with Crippen LogP contribution in [0.5, 0.6) is 0 Å². The van der Waals surface area contributed by atoms with E-state index in [0.29, 0.717) is 47.2 Å². The fourth-order valence-electron chi connectivity index (χ4n) is 6.39. The number of anilines is 2. The molecule has 3 heterocycles. The molecule has 2 aliphatic heterocycles. The van der Waals surface area contributed by atoms with Gasteiger partial charge < -0.3 is 15.4 Å². The average molecular weight is 547 g/mol. The van der Waals surface area contributed by atoms with E-state index in [9.17, 15) is 28.4 Å². The minimum absolute atomic E-state index is 0.230. The van der Waals surface area contributed by atoms with Crippen LogP contribution in [0.25, 0.3) is 0 Å². The Kier molecular flexibility index (Phi) is 5.90. The largest absolute Gasteiger partial charge is 0.711 e. The van der Waals surface area contributed by atoms with Gasteiger partial charge in [-0.15, -0.1) is 0 Å². The summed E-state index contributed by atoms with van der Waals surface area (Å²) in [6.07, 6.45) is 3.13. The quantitative estimate of drug-likeness (QED) is 0.382. The Labute approximate surface area is 229 Å². The van der Waals surface area contributed by atoms with E-state index in [1.54, 1.807) is 32.0 Å². The summed E-state index contributed by atoms with van der Waals surface area (Å²) in [5.74, 6) is -2.17. The lowest BCUT2D eigenvalue weighted by Gasteiger charge is -2.43. The molecule has 1 aliphatic carbocycles. The lowest BCUT2D eigenvalue weighted by atomic mass is 9.78. The highest BCUT2D eigenvalue weighted by molar-refractivity contribution is 6.05. The number of carbonyl (C=O) groups is 3. The number of fused-ring (bicyclic) bond motifs is 3. The molecule has 2 unspecified atom stereocenters. The van der Waals surface area contributed by atoms with E-state index >= 15 is 0 Å². The first-order chi connectivity index (χ1) is 19.0. The first-order valence-corrected chi connectivity index (χ1v) is 13.2. The number of hydrogen-bond acceptors (Lipinski definition) is 4. The Morgan fingerprint density at radius 1 is 1.10 bits per heavy atom. The van der Waals surface area contributed by atoms with Crippen LogP contribution in [0.1, 0.15) is 55.0 Å². The Morgan fingerprint density at radius 3 is 2.58 bits per heavy atom. The van der Waals surface area contributed by atoms with Crippen LogP contribution in [-0.2, 0) is 32.6 Å². The van der Waals surface area contributed by atoms with Crippen LogP contribution in [0, 0.1) is 22.3 Å². The second kappa shape index (κ2) is 9.11. The second-order valence-electron chi connectivity index (χ2n) is 11.6. The smallest absolute Gasteiger partial charge is 0.319 e. The SMILES string of the molecule is CC1(C)CCC(c2cc(F)cc(F)c2)N(CC(=O)Nc2ccc3c(c2)CC2(C3)C(=O)Nc3c2ccc[n+]3[O-])C1=O. The third-order valence-electron chi connectivity index (χ3n) is 8.46. The van der Waals surface area contributed by atoms with Crippen molar-refractivity contribution in [3.8, 4) is 0 Å². The lowest BCUT2D eigenvalue weighted by molar-refractivity contribution is -0.590. The number of hydrogen-bond donors (Lipinski definition) is 2. The number of aromatic nitrogens is 1. The molecule has 2 aromatic carbocycles. The van der Waals surface area contributed by atoms with E-state index in [1.165, 1.54) is 23.2 Å². The number of piperidine rings is 1. The number of nitrogens with zero attached hydrogens (tertiary/aromatic N) is 2. The molecule has 1 saturated heterocycles. The summed E-state index contributed by atoms with van der Waals surface area (Å²) in [5, 5.41) is 17.8. The van der Waals surface area contributed by atoms with Crippen molar-refractivity contribution in [1.82, 2.24) is 4.90 Å². The van der Waals surface area contributed by atoms with Crippen molar-refractivity contribution in [2.24, 2.45) is 5.41 Å². The fourth-order valence-corrected chi connectivity index (χ4v) is 6.39. The van der Waals surface area contributed by atoms with E-state index in [1.807, 2.05) is 12.1 Å². The maximum Gasteiger partial charge on any atom is 0.319 e. The third kappa shape index (κ3) is 4.18. The van der Waals surface area contributed by atoms with Crippen molar-refractivity contribution in [2.45, 2.75) is 51.0 Å². The minimum Gasteiger partial charge on any atom is -0.711 e. The normalized spacial score (nSPS) is 22.7. The number of halogens is 2. The number of nitrogens with one attached hydrogen (secondary N) is 2. The molecule has 206 valence electrons. The number of amides is 3. The zero-order valence-electron chi connectivity index (χ0n) is 22.1. The lowest BCUT2D eigenvalue weighted by Crippen LogP contribution is -2.50. The molecule has 1 aromatic heterocycles. The zero-order valence-corrected chi connectivity index (χ0v) is 22.1. The fraction of sp³-hybridized carbons (Fsp3) is 0.333. The predicted octanol–water partition coefficient (Wildman–Crippen LogP) is 3.92. The van der Waals surface area contributed by atoms with Crippen molar-refractivity contribution in [3.05, 3.63) is 93.8 Å². The molecule has 10 heteroatoms. The zero-order chi connectivity index (χ0) is 28.4. The summed E-state index contributed by atoms with van der Waals surface area (Å²) in [5.41, 5.74) is 1.70. The van der Waals surface area contributed by atoms with E-state index in [2.05, 4.69) is 10.6 Å². The van der Waals surface area contributed by atoms with Gasteiger partial charge in [0.15, 0.2) is 0 Å². The highest BCUT2D eigenvalue weighted by atomic mass is 19.1. The molecule has 3 aromatic rings. The minimum atomic E-state index is -0.882. The van der Waals surface area contributed by atoms with Crippen LogP contribution < -0.4 is 15.4 Å². The van der Waals surface area contributed by atoms with Gasteiger partial charge in [0, 0.05) is 17.2 Å². The van der Waals surface area contributed by atoms with Crippen molar-refractivity contribution in [3.63, 3.8) is 0 Å². The van der Waals surface area contributed by atoms with Gasteiger partial charge >= 0.3 is 5.91 Å². The number of rotatable bonds is 4. The van der Waals surface area contributed by atoms with E-state index in [0.717, 1.165) is 17.2 Å². The number of likely N-dealkylation sites (tertiary alicyclic amines) is 1. The molecule has 3 amide bonds. The van der Waals surface area contributed by atoms with Crippen LogP contribution in [-0.4, -0.2) is 29.2 Å². The topological polar surface area (TPSA) is 105 Å². The van der Waals surface area contributed by atoms with Crippen LogP contribution in [0.15, 0.2) is 54.7 Å². The summed E-state index contributed by atoms with van der Waals surface area (Å²) in [6, 6.07) is 11.4. The number of carbonyl (C=O) groups excluding carboxylic acids is 3. The molecule has 0 bridgehead atoms. The molecule has 2 N–H and O–H groups in total. The molecule has 2 atom stereocenters. The van der Waals surface area contributed by atoms with Crippen LogP contribution in [0.2, 0.25) is 0 Å². The first-order valence-electron chi connectivity index (χ1n) is 13.2. The van der Waals surface area contributed by atoms with Gasteiger partial charge in [-0.1, -0.05) is 19.9 Å². The van der Waals surface area contributed by atoms with Gasteiger partial charge in [0.25, 0.3) is 5.82 Å². The van der Waals surface area contributed by atoms with Gasteiger partial charge in [0.2, 0.25) is 11.8 Å². The van der Waals surface area contributed by atoms with E-state index in [4.69, 9.17) is 0 Å². The summed E-state index contributed by atoms with van der Waals surface area (Å²) in [4.78, 5) is 40.9. The molecule has 0 saturated carbocycles. The monoisotopic (exact) mass is 546 g/mol. The molecule has 0 radical (unpaired) electrons. The number of benzene rings is 2. The Bertz CT molecular complexity index is 1570. The Morgan fingerprint density at radius 2 is 1.82 bits per heavy atom. The Balaban J connectivity index is 1.22. The highest BCUT2D eigenvalue weighted by Gasteiger charge is 2.55. The van der Waals surface area contributed by atoms with Gasteiger partial charge in [-0.3, -0.25) is 9.59 Å². The standard InChI is InChI=1S/C30H28F2N4O4/c1-29(2)8-7-24(18-10-20(31)13-21(32)11-18)35(28(29)39)16-25(37)33-22-6-5-17-14-30(15-19(17)12-22)23-4-3-9-36(40)26(23)34-27(30)38/h3-6,9-13,24H,7-8,14-16H2,1-2H3,(H,33,37)(H,34,38). The highest BCUT2D eigenvalue weighted by Crippen LogP contribution is 2.46. The molecular weight excluding hydrogens is 518 g/mol. The van der Waals surface area contributed by atoms with E-state index < -0.39 is 34.4 Å².